The highest BCUT2D eigenvalue weighted by Crippen LogP contribution is 2.30. The summed E-state index contributed by atoms with van der Waals surface area (Å²) < 4.78 is 27.5. The Labute approximate surface area is 121 Å². The van der Waals surface area contributed by atoms with Crippen molar-refractivity contribution in [3.8, 4) is 0 Å². The van der Waals surface area contributed by atoms with Gasteiger partial charge in [0.1, 0.15) is 16.1 Å². The predicted molar refractivity (Wildman–Crippen MR) is 77.6 cm³/mol. The van der Waals surface area contributed by atoms with E-state index >= 15 is 0 Å². The molecular formula is C11H15NO4S3. The summed E-state index contributed by atoms with van der Waals surface area (Å²) in [6, 6.07) is 5.57. The molecule has 0 saturated carbocycles. The van der Waals surface area contributed by atoms with Crippen LogP contribution in [0.1, 0.15) is 13.3 Å². The van der Waals surface area contributed by atoms with Crippen molar-refractivity contribution in [3.63, 3.8) is 0 Å². The molecule has 1 rings (SSSR count). The van der Waals surface area contributed by atoms with Gasteiger partial charge in [-0.1, -0.05) is 16.9 Å². The van der Waals surface area contributed by atoms with Crippen LogP contribution in [0.2, 0.25) is 0 Å². The van der Waals surface area contributed by atoms with Crippen LogP contribution in [-0.4, -0.2) is 37.3 Å². The minimum atomic E-state index is -3.79. The number of ketones is 1. The first-order valence-electron chi connectivity index (χ1n) is 5.47. The summed E-state index contributed by atoms with van der Waals surface area (Å²) in [5, 5.41) is -0.240. The van der Waals surface area contributed by atoms with Gasteiger partial charge in [-0.25, -0.2) is 4.98 Å². The molecular weight excluding hydrogens is 306 g/mol. The van der Waals surface area contributed by atoms with Gasteiger partial charge in [0, 0.05) is 11.9 Å². The van der Waals surface area contributed by atoms with Crippen molar-refractivity contribution in [1.29, 1.82) is 0 Å². The van der Waals surface area contributed by atoms with Crippen LogP contribution in [0.3, 0.4) is 0 Å². The lowest BCUT2D eigenvalue weighted by Crippen LogP contribution is -2.30. The van der Waals surface area contributed by atoms with Crippen LogP contribution in [0.15, 0.2) is 29.4 Å². The maximum Gasteiger partial charge on any atom is 0.277 e. The van der Waals surface area contributed by atoms with E-state index in [0.717, 1.165) is 12.1 Å². The predicted octanol–water partition coefficient (Wildman–Crippen LogP) is 2.15. The van der Waals surface area contributed by atoms with Crippen molar-refractivity contribution in [1.82, 2.24) is 4.98 Å². The zero-order valence-electron chi connectivity index (χ0n) is 10.6. The zero-order chi connectivity index (χ0) is 14.3. The number of rotatable bonds is 8. The Hall–Kier alpha value is -0.570. The van der Waals surface area contributed by atoms with Crippen molar-refractivity contribution in [2.75, 3.05) is 12.9 Å². The fraction of sp³-hybridized carbons (Fsp3) is 0.455. The van der Waals surface area contributed by atoms with Crippen LogP contribution in [0.5, 0.6) is 0 Å². The molecule has 1 atom stereocenters. The van der Waals surface area contributed by atoms with Gasteiger partial charge >= 0.3 is 0 Å². The molecule has 0 N–H and O–H groups in total. The lowest BCUT2D eigenvalue weighted by molar-refractivity contribution is -0.116. The van der Waals surface area contributed by atoms with Gasteiger partial charge in [0.25, 0.3) is 10.1 Å². The molecule has 19 heavy (non-hydrogen) atoms. The molecule has 1 heterocycles. The van der Waals surface area contributed by atoms with Crippen molar-refractivity contribution in [3.05, 3.63) is 24.4 Å². The van der Waals surface area contributed by atoms with Gasteiger partial charge < -0.3 is 0 Å². The average Bonchev–Trinajstić information content (AvgIpc) is 2.39. The van der Waals surface area contributed by atoms with Gasteiger partial charge in [-0.15, -0.1) is 0 Å². The third kappa shape index (κ3) is 5.52. The van der Waals surface area contributed by atoms with E-state index in [-0.39, 0.29) is 6.42 Å². The van der Waals surface area contributed by atoms with E-state index in [1.807, 2.05) is 18.2 Å². The highest BCUT2D eigenvalue weighted by molar-refractivity contribution is 8.76. The van der Waals surface area contributed by atoms with Gasteiger partial charge in [0.05, 0.1) is 7.11 Å². The molecule has 0 aliphatic heterocycles. The number of carbonyl (C=O) groups is 1. The van der Waals surface area contributed by atoms with Gasteiger partial charge in [-0.05, 0) is 36.3 Å². The van der Waals surface area contributed by atoms with E-state index in [2.05, 4.69) is 9.17 Å². The first kappa shape index (κ1) is 16.5. The smallest absolute Gasteiger partial charge is 0.277 e. The molecule has 0 spiro atoms. The van der Waals surface area contributed by atoms with Crippen LogP contribution in [0.25, 0.3) is 0 Å². The highest BCUT2D eigenvalue weighted by atomic mass is 33.1. The molecule has 0 saturated heterocycles. The molecule has 0 bridgehead atoms. The molecule has 106 valence electrons. The Kier molecular flexibility index (Phi) is 6.84. The number of pyridine rings is 1. The lowest BCUT2D eigenvalue weighted by Gasteiger charge is -2.12. The summed E-state index contributed by atoms with van der Waals surface area (Å²) in [6.45, 7) is 1.26. The maximum atomic E-state index is 11.5. The Morgan fingerprint density at radius 1 is 1.47 bits per heavy atom. The fourth-order valence-electron chi connectivity index (χ4n) is 1.32. The molecule has 1 aromatic heterocycles. The Morgan fingerprint density at radius 3 is 2.74 bits per heavy atom. The quantitative estimate of drug-likeness (QED) is 0.412. The van der Waals surface area contributed by atoms with Crippen LogP contribution < -0.4 is 0 Å². The van der Waals surface area contributed by atoms with Gasteiger partial charge in [0.2, 0.25) is 0 Å². The van der Waals surface area contributed by atoms with Gasteiger partial charge in [-0.3, -0.25) is 8.98 Å². The van der Waals surface area contributed by atoms with E-state index in [9.17, 15) is 13.2 Å². The van der Waals surface area contributed by atoms with Crippen LogP contribution in [-0.2, 0) is 19.1 Å². The van der Waals surface area contributed by atoms with E-state index in [4.69, 9.17) is 0 Å². The second-order valence-corrected chi connectivity index (χ2v) is 7.94. The summed E-state index contributed by atoms with van der Waals surface area (Å²) in [6.07, 6.45) is 1.92. The number of hydrogen-bond donors (Lipinski definition) is 0. The topological polar surface area (TPSA) is 73.3 Å². The van der Waals surface area contributed by atoms with Crippen molar-refractivity contribution >= 4 is 37.5 Å². The van der Waals surface area contributed by atoms with Crippen molar-refractivity contribution in [2.24, 2.45) is 0 Å². The number of aromatic nitrogens is 1. The van der Waals surface area contributed by atoms with E-state index in [0.29, 0.717) is 5.75 Å². The Bertz CT molecular complexity index is 504. The van der Waals surface area contributed by atoms with Gasteiger partial charge in [0.15, 0.2) is 0 Å². The summed E-state index contributed by atoms with van der Waals surface area (Å²) >= 11 is 0. The minimum absolute atomic E-state index is 0.232. The zero-order valence-corrected chi connectivity index (χ0v) is 13.1. The van der Waals surface area contributed by atoms with Crippen LogP contribution >= 0.6 is 21.6 Å². The molecule has 1 unspecified atom stereocenters. The standard InChI is InChI=1S/C11H15NO4S3/c1-9(13)10(19(14,15)16-2)6-8-17-18-11-5-3-4-7-12-11/h3-5,7,10H,6,8H2,1-2H3. The largest absolute Gasteiger partial charge is 0.298 e. The third-order valence-electron chi connectivity index (χ3n) is 2.28. The Balaban J connectivity index is 2.44. The van der Waals surface area contributed by atoms with E-state index < -0.39 is 21.2 Å². The molecule has 1 aromatic rings. The second-order valence-electron chi connectivity index (χ2n) is 3.62. The molecule has 0 amide bonds. The first-order valence-corrected chi connectivity index (χ1v) is 9.27. The summed E-state index contributed by atoms with van der Waals surface area (Å²) in [4.78, 5) is 15.5. The first-order chi connectivity index (χ1) is 8.97. The number of nitrogens with zero attached hydrogens (tertiary/aromatic N) is 1. The summed E-state index contributed by atoms with van der Waals surface area (Å²) in [5.41, 5.74) is 0. The molecule has 8 heteroatoms. The SMILES string of the molecule is COS(=O)(=O)C(CCSSc1ccccn1)C(C)=O. The molecule has 5 nitrogen and oxygen atoms in total. The minimum Gasteiger partial charge on any atom is -0.298 e. The van der Waals surface area contributed by atoms with Crippen molar-refractivity contribution < 1.29 is 17.4 Å². The normalized spacial score (nSPS) is 13.2. The van der Waals surface area contributed by atoms with Gasteiger partial charge in [-0.2, -0.15) is 8.42 Å². The van der Waals surface area contributed by atoms with E-state index in [1.165, 1.54) is 28.5 Å². The molecule has 0 fully saturated rings. The molecule has 0 aliphatic rings. The monoisotopic (exact) mass is 321 g/mol. The molecule has 0 radical (unpaired) electrons. The van der Waals surface area contributed by atoms with Crippen molar-refractivity contribution in [2.45, 2.75) is 23.6 Å². The summed E-state index contributed by atoms with van der Waals surface area (Å²) in [5.74, 6) is 0.124. The third-order valence-corrected chi connectivity index (χ3v) is 6.31. The average molecular weight is 321 g/mol. The number of hydrogen-bond acceptors (Lipinski definition) is 7. The lowest BCUT2D eigenvalue weighted by atomic mass is 10.2. The maximum absolute atomic E-state index is 11.5. The number of Topliss-reactive ketones (excluding diaryl/α,β-unsaturated/α-hetero) is 1. The van der Waals surface area contributed by atoms with Crippen LogP contribution in [0.4, 0.5) is 0 Å². The fourth-order valence-corrected chi connectivity index (χ4v) is 4.49. The highest BCUT2D eigenvalue weighted by Gasteiger charge is 2.29. The number of carbonyl (C=O) groups excluding carboxylic acids is 1. The Morgan fingerprint density at radius 2 is 2.21 bits per heavy atom. The molecule has 0 aromatic carbocycles. The van der Waals surface area contributed by atoms with Crippen LogP contribution in [0, 0.1) is 0 Å². The molecule has 0 aliphatic carbocycles. The second kappa shape index (κ2) is 7.88. The van der Waals surface area contributed by atoms with E-state index in [1.54, 1.807) is 6.20 Å². The summed E-state index contributed by atoms with van der Waals surface area (Å²) in [7, 11) is 0.190.